The Morgan fingerprint density at radius 1 is 1.41 bits per heavy atom. The molecule has 7 heteroatoms. The van der Waals surface area contributed by atoms with Gasteiger partial charge in [0.05, 0.1) is 38.2 Å². The lowest BCUT2D eigenvalue weighted by Gasteiger charge is -2.35. The Labute approximate surface area is 128 Å². The lowest BCUT2D eigenvalue weighted by Crippen LogP contribution is -2.48. The van der Waals surface area contributed by atoms with Gasteiger partial charge in [0.2, 0.25) is 0 Å². The maximum atomic E-state index is 12.3. The minimum Gasteiger partial charge on any atom is -0.490 e. The van der Waals surface area contributed by atoms with Crippen LogP contribution in [0.5, 0.6) is 11.5 Å². The van der Waals surface area contributed by atoms with Crippen LogP contribution < -0.4 is 14.4 Å². The summed E-state index contributed by atoms with van der Waals surface area (Å²) in [6.45, 7) is 3.12. The second kappa shape index (κ2) is 6.95. The lowest BCUT2D eigenvalue weighted by molar-refractivity contribution is -0.126. The monoisotopic (exact) mass is 311 g/mol. The zero-order valence-electron chi connectivity index (χ0n) is 12.7. The minimum atomic E-state index is -1.06. The molecule has 1 heterocycles. The second-order valence-electron chi connectivity index (χ2n) is 5.08. The normalized spacial score (nSPS) is 18.7. The number of ether oxygens (including phenoxy) is 2. The quantitative estimate of drug-likeness (QED) is 0.686. The van der Waals surface area contributed by atoms with E-state index >= 15 is 0 Å². The first-order chi connectivity index (χ1) is 10.5. The first-order valence-corrected chi connectivity index (χ1v) is 7.19. The molecule has 1 amide bonds. The number of aliphatic hydroxyl groups is 3. The third-order valence-corrected chi connectivity index (χ3v) is 3.38. The summed E-state index contributed by atoms with van der Waals surface area (Å²) in [5.74, 6) is 0.515. The average Bonchev–Trinajstić information content (AvgIpc) is 2.52. The van der Waals surface area contributed by atoms with Crippen molar-refractivity contribution in [2.75, 3.05) is 24.7 Å². The predicted molar refractivity (Wildman–Crippen MR) is 79.1 cm³/mol. The van der Waals surface area contributed by atoms with Crippen LogP contribution in [0, 0.1) is 0 Å². The largest absolute Gasteiger partial charge is 0.490 e. The second-order valence-corrected chi connectivity index (χ2v) is 5.08. The fourth-order valence-corrected chi connectivity index (χ4v) is 2.34. The number of hydrogen-bond acceptors (Lipinski definition) is 6. The van der Waals surface area contributed by atoms with Crippen LogP contribution in [0.4, 0.5) is 5.69 Å². The molecule has 0 saturated carbocycles. The number of benzene rings is 1. The number of aliphatic hydroxyl groups excluding tert-OH is 3. The van der Waals surface area contributed by atoms with Crippen LogP contribution in [0.3, 0.4) is 0 Å². The van der Waals surface area contributed by atoms with E-state index < -0.39 is 18.8 Å². The van der Waals surface area contributed by atoms with Crippen molar-refractivity contribution in [2.45, 2.75) is 32.7 Å². The molecule has 22 heavy (non-hydrogen) atoms. The summed E-state index contributed by atoms with van der Waals surface area (Å²) in [6, 6.07) is 3.28. The molecule has 7 nitrogen and oxygen atoms in total. The SMILES string of the molecule is CCOc1cc(CO)cc2c1OC(C)C(=O)N2CC(O)CO. The highest BCUT2D eigenvalue weighted by molar-refractivity contribution is 6.00. The van der Waals surface area contributed by atoms with Gasteiger partial charge in [0, 0.05) is 0 Å². The smallest absolute Gasteiger partial charge is 0.267 e. The molecule has 1 aliphatic rings. The van der Waals surface area contributed by atoms with Crippen LogP contribution >= 0.6 is 0 Å². The summed E-state index contributed by atoms with van der Waals surface area (Å²) in [4.78, 5) is 13.7. The Kier molecular flexibility index (Phi) is 5.23. The lowest BCUT2D eigenvalue weighted by atomic mass is 10.1. The maximum absolute atomic E-state index is 12.3. The summed E-state index contributed by atoms with van der Waals surface area (Å²) in [6.07, 6.45) is -1.78. The molecule has 2 atom stereocenters. The zero-order chi connectivity index (χ0) is 16.3. The number of nitrogens with zero attached hydrogens (tertiary/aromatic N) is 1. The molecular formula is C15H21NO6. The molecule has 0 spiro atoms. The molecular weight excluding hydrogens is 290 g/mol. The summed E-state index contributed by atoms with van der Waals surface area (Å²) in [5.41, 5.74) is 0.988. The van der Waals surface area contributed by atoms with Gasteiger partial charge in [0.1, 0.15) is 0 Å². The van der Waals surface area contributed by atoms with Crippen molar-refractivity contribution in [1.29, 1.82) is 0 Å². The van der Waals surface area contributed by atoms with E-state index in [0.29, 0.717) is 29.4 Å². The Morgan fingerprint density at radius 3 is 2.73 bits per heavy atom. The minimum absolute atomic E-state index is 0.0590. The van der Waals surface area contributed by atoms with E-state index in [1.165, 1.54) is 4.90 Å². The van der Waals surface area contributed by atoms with E-state index in [4.69, 9.17) is 14.6 Å². The number of rotatable bonds is 6. The molecule has 2 rings (SSSR count). The van der Waals surface area contributed by atoms with Gasteiger partial charge < -0.3 is 29.7 Å². The van der Waals surface area contributed by atoms with E-state index in [9.17, 15) is 15.0 Å². The van der Waals surface area contributed by atoms with Crippen LogP contribution in [0.2, 0.25) is 0 Å². The molecule has 1 aliphatic heterocycles. The first kappa shape index (κ1) is 16.5. The van der Waals surface area contributed by atoms with Crippen LogP contribution in [0.15, 0.2) is 12.1 Å². The van der Waals surface area contributed by atoms with Crippen LogP contribution in [-0.4, -0.2) is 53.2 Å². The third kappa shape index (κ3) is 3.16. The Hall–Kier alpha value is -1.83. The number of fused-ring (bicyclic) bond motifs is 1. The topological polar surface area (TPSA) is 99.5 Å². The molecule has 1 aromatic rings. The highest BCUT2D eigenvalue weighted by Gasteiger charge is 2.35. The van der Waals surface area contributed by atoms with Crippen molar-refractivity contribution in [3.63, 3.8) is 0 Å². The fourth-order valence-electron chi connectivity index (χ4n) is 2.34. The molecule has 0 fully saturated rings. The predicted octanol–water partition coefficient (Wildman–Crippen LogP) is 0.0447. The van der Waals surface area contributed by atoms with Gasteiger partial charge in [0.15, 0.2) is 17.6 Å². The van der Waals surface area contributed by atoms with Crippen molar-refractivity contribution in [2.24, 2.45) is 0 Å². The summed E-state index contributed by atoms with van der Waals surface area (Å²) >= 11 is 0. The first-order valence-electron chi connectivity index (χ1n) is 7.19. The molecule has 0 bridgehead atoms. The molecule has 0 aromatic heterocycles. The van der Waals surface area contributed by atoms with Crippen LogP contribution in [0.25, 0.3) is 0 Å². The molecule has 0 aliphatic carbocycles. The van der Waals surface area contributed by atoms with Gasteiger partial charge in [-0.1, -0.05) is 0 Å². The van der Waals surface area contributed by atoms with E-state index in [1.54, 1.807) is 19.1 Å². The van der Waals surface area contributed by atoms with Gasteiger partial charge in [-0.25, -0.2) is 0 Å². The molecule has 1 aromatic carbocycles. The third-order valence-electron chi connectivity index (χ3n) is 3.38. The van der Waals surface area contributed by atoms with Crippen LogP contribution in [0.1, 0.15) is 19.4 Å². The zero-order valence-corrected chi connectivity index (χ0v) is 12.7. The molecule has 122 valence electrons. The fraction of sp³-hybridized carbons (Fsp3) is 0.533. The van der Waals surface area contributed by atoms with Crippen molar-refractivity contribution in [1.82, 2.24) is 0 Å². The van der Waals surface area contributed by atoms with Crippen molar-refractivity contribution < 1.29 is 29.6 Å². The number of β-amino-alcohol motifs (C(OH)–C–C–N with tert-alkyl or cyclic N) is 1. The van der Waals surface area contributed by atoms with Crippen LogP contribution in [-0.2, 0) is 11.4 Å². The summed E-state index contributed by atoms with van der Waals surface area (Å²) < 4.78 is 11.2. The molecule has 0 saturated heterocycles. The summed E-state index contributed by atoms with van der Waals surface area (Å²) in [7, 11) is 0. The molecule has 0 radical (unpaired) electrons. The summed E-state index contributed by atoms with van der Waals surface area (Å²) in [5, 5.41) is 28.1. The van der Waals surface area contributed by atoms with Gasteiger partial charge in [-0.05, 0) is 31.5 Å². The molecule has 3 N–H and O–H groups in total. The number of carbonyl (C=O) groups excluding carboxylic acids is 1. The van der Waals surface area contributed by atoms with Crippen molar-refractivity contribution in [3.8, 4) is 11.5 Å². The molecule has 2 unspecified atom stereocenters. The standard InChI is InChI=1S/C15H21NO6/c1-3-21-13-5-10(7-17)4-12-14(13)22-9(2)15(20)16(12)6-11(19)8-18/h4-5,9,11,17-19H,3,6-8H2,1-2H3. The van der Waals surface area contributed by atoms with E-state index in [-0.39, 0.29) is 19.1 Å². The van der Waals surface area contributed by atoms with E-state index in [2.05, 4.69) is 0 Å². The average molecular weight is 311 g/mol. The van der Waals surface area contributed by atoms with Gasteiger partial charge in [-0.15, -0.1) is 0 Å². The number of anilines is 1. The Morgan fingerprint density at radius 2 is 2.14 bits per heavy atom. The Bertz CT molecular complexity index is 547. The van der Waals surface area contributed by atoms with Crippen molar-refractivity contribution in [3.05, 3.63) is 17.7 Å². The highest BCUT2D eigenvalue weighted by Crippen LogP contribution is 2.43. The van der Waals surface area contributed by atoms with Gasteiger partial charge in [-0.2, -0.15) is 0 Å². The number of hydrogen-bond donors (Lipinski definition) is 3. The van der Waals surface area contributed by atoms with E-state index in [0.717, 1.165) is 0 Å². The van der Waals surface area contributed by atoms with E-state index in [1.807, 2.05) is 6.92 Å². The highest BCUT2D eigenvalue weighted by atomic mass is 16.5. The van der Waals surface area contributed by atoms with Gasteiger partial charge in [-0.3, -0.25) is 4.79 Å². The maximum Gasteiger partial charge on any atom is 0.267 e. The van der Waals surface area contributed by atoms with Gasteiger partial charge in [0.25, 0.3) is 5.91 Å². The van der Waals surface area contributed by atoms with Gasteiger partial charge >= 0.3 is 0 Å². The Balaban J connectivity index is 2.50. The number of amides is 1. The number of carbonyl (C=O) groups is 1. The van der Waals surface area contributed by atoms with Crippen molar-refractivity contribution >= 4 is 11.6 Å².